The van der Waals surface area contributed by atoms with Gasteiger partial charge in [-0.2, -0.15) is 0 Å². The fraction of sp³-hybridized carbons (Fsp3) is 0.333. The van der Waals surface area contributed by atoms with Crippen LogP contribution in [0.25, 0.3) is 0 Å². The minimum atomic E-state index is -0.487. The molecule has 5 heteroatoms. The maximum Gasteiger partial charge on any atom is 0.255 e. The molecular formula is C21H23BrN2O2. The Morgan fingerprint density at radius 3 is 2.62 bits per heavy atom. The molecule has 0 aromatic heterocycles. The van der Waals surface area contributed by atoms with Gasteiger partial charge in [0.05, 0.1) is 0 Å². The van der Waals surface area contributed by atoms with Crippen molar-refractivity contribution in [1.82, 2.24) is 4.90 Å². The van der Waals surface area contributed by atoms with Gasteiger partial charge in [-0.15, -0.1) is 0 Å². The number of halogens is 1. The van der Waals surface area contributed by atoms with Crippen LogP contribution in [0.1, 0.15) is 41.8 Å². The summed E-state index contributed by atoms with van der Waals surface area (Å²) < 4.78 is 0.999. The summed E-state index contributed by atoms with van der Waals surface area (Å²) in [4.78, 5) is 27.5. The summed E-state index contributed by atoms with van der Waals surface area (Å²) in [6.07, 6.45) is 0.626. The summed E-state index contributed by atoms with van der Waals surface area (Å²) in [6, 6.07) is 12.8. The number of nitrogens with one attached hydrogen (secondary N) is 1. The van der Waals surface area contributed by atoms with E-state index in [0.717, 1.165) is 21.3 Å². The third-order valence-electron chi connectivity index (χ3n) is 4.65. The topological polar surface area (TPSA) is 49.4 Å². The van der Waals surface area contributed by atoms with Crippen molar-refractivity contribution in [2.24, 2.45) is 5.92 Å². The van der Waals surface area contributed by atoms with Crippen molar-refractivity contribution in [1.29, 1.82) is 0 Å². The first kappa shape index (κ1) is 18.6. The van der Waals surface area contributed by atoms with Gasteiger partial charge in [-0.25, -0.2) is 0 Å². The molecule has 4 nitrogen and oxygen atoms in total. The normalized spacial score (nSPS) is 14.5. The molecule has 2 aromatic rings. The molecule has 0 unspecified atom stereocenters. The molecule has 1 N–H and O–H groups in total. The minimum absolute atomic E-state index is 0.0617. The van der Waals surface area contributed by atoms with E-state index in [4.69, 9.17) is 0 Å². The van der Waals surface area contributed by atoms with Crippen LogP contribution in [0.15, 0.2) is 46.9 Å². The summed E-state index contributed by atoms with van der Waals surface area (Å²) in [7, 11) is 0. The first-order valence-corrected chi connectivity index (χ1v) is 9.62. The van der Waals surface area contributed by atoms with E-state index in [9.17, 15) is 9.59 Å². The lowest BCUT2D eigenvalue weighted by atomic mass is 10.0. The standard InChI is InChI=1S/C21H23BrN2O2/c1-13(2)10-19(20(25)23-16-8-9-18(22)14(3)11-16)24-12-15-6-4-5-7-17(15)21(24)26/h4-9,11,13,19H,10,12H2,1-3H3,(H,23,25)/t19-/m1/s1. The zero-order valence-electron chi connectivity index (χ0n) is 15.3. The fourth-order valence-electron chi connectivity index (χ4n) is 3.30. The van der Waals surface area contributed by atoms with Gasteiger partial charge in [-0.3, -0.25) is 9.59 Å². The van der Waals surface area contributed by atoms with Crippen molar-refractivity contribution >= 4 is 33.4 Å². The average molecular weight is 415 g/mol. The molecule has 136 valence electrons. The van der Waals surface area contributed by atoms with Crippen molar-refractivity contribution in [3.8, 4) is 0 Å². The van der Waals surface area contributed by atoms with E-state index in [1.54, 1.807) is 4.90 Å². The van der Waals surface area contributed by atoms with Crippen LogP contribution < -0.4 is 5.32 Å². The van der Waals surface area contributed by atoms with E-state index in [-0.39, 0.29) is 11.8 Å². The quantitative estimate of drug-likeness (QED) is 0.765. The Kier molecular flexibility index (Phi) is 5.47. The van der Waals surface area contributed by atoms with Gasteiger partial charge in [0, 0.05) is 22.3 Å². The number of anilines is 1. The second kappa shape index (κ2) is 7.62. The van der Waals surface area contributed by atoms with Crippen molar-refractivity contribution in [3.63, 3.8) is 0 Å². The second-order valence-electron chi connectivity index (χ2n) is 7.19. The zero-order chi connectivity index (χ0) is 18.8. The van der Waals surface area contributed by atoms with E-state index in [1.165, 1.54) is 0 Å². The van der Waals surface area contributed by atoms with Crippen LogP contribution in [0.4, 0.5) is 5.69 Å². The van der Waals surface area contributed by atoms with E-state index >= 15 is 0 Å². The summed E-state index contributed by atoms with van der Waals surface area (Å²) in [5.74, 6) is 0.101. The Morgan fingerprint density at radius 1 is 1.23 bits per heavy atom. The highest BCUT2D eigenvalue weighted by Gasteiger charge is 2.36. The van der Waals surface area contributed by atoms with Crippen LogP contribution in [-0.2, 0) is 11.3 Å². The molecule has 1 heterocycles. The van der Waals surface area contributed by atoms with E-state index < -0.39 is 6.04 Å². The highest BCUT2D eigenvalue weighted by molar-refractivity contribution is 9.10. The maximum absolute atomic E-state index is 13.0. The number of aryl methyl sites for hydroxylation is 1. The summed E-state index contributed by atoms with van der Waals surface area (Å²) in [5, 5.41) is 2.99. The lowest BCUT2D eigenvalue weighted by Gasteiger charge is -2.28. The highest BCUT2D eigenvalue weighted by Crippen LogP contribution is 2.28. The number of hydrogen-bond donors (Lipinski definition) is 1. The zero-order valence-corrected chi connectivity index (χ0v) is 16.8. The van der Waals surface area contributed by atoms with Crippen LogP contribution in [0.5, 0.6) is 0 Å². The molecule has 0 fully saturated rings. The molecule has 1 atom stereocenters. The van der Waals surface area contributed by atoms with E-state index in [2.05, 4.69) is 35.1 Å². The molecule has 0 aliphatic carbocycles. The van der Waals surface area contributed by atoms with Crippen molar-refractivity contribution in [2.45, 2.75) is 39.8 Å². The number of benzene rings is 2. The predicted octanol–water partition coefficient (Wildman–Crippen LogP) is 4.77. The number of rotatable bonds is 5. The monoisotopic (exact) mass is 414 g/mol. The van der Waals surface area contributed by atoms with Gasteiger partial charge >= 0.3 is 0 Å². The van der Waals surface area contributed by atoms with Crippen molar-refractivity contribution < 1.29 is 9.59 Å². The van der Waals surface area contributed by atoms with Gasteiger partial charge in [0.15, 0.2) is 0 Å². The largest absolute Gasteiger partial charge is 0.324 e. The molecule has 26 heavy (non-hydrogen) atoms. The molecule has 1 aliphatic heterocycles. The van der Waals surface area contributed by atoms with Crippen LogP contribution in [0, 0.1) is 12.8 Å². The summed E-state index contributed by atoms with van der Waals surface area (Å²) in [6.45, 7) is 6.60. The lowest BCUT2D eigenvalue weighted by molar-refractivity contribution is -0.121. The lowest BCUT2D eigenvalue weighted by Crippen LogP contribution is -2.45. The van der Waals surface area contributed by atoms with Crippen LogP contribution in [0.2, 0.25) is 0 Å². The van der Waals surface area contributed by atoms with Gasteiger partial charge < -0.3 is 10.2 Å². The number of carbonyl (C=O) groups excluding carboxylic acids is 2. The number of hydrogen-bond acceptors (Lipinski definition) is 2. The summed E-state index contributed by atoms with van der Waals surface area (Å²) >= 11 is 3.47. The smallest absolute Gasteiger partial charge is 0.255 e. The van der Waals surface area contributed by atoms with Crippen molar-refractivity contribution in [3.05, 3.63) is 63.6 Å². The van der Waals surface area contributed by atoms with Crippen LogP contribution in [-0.4, -0.2) is 22.8 Å². The molecule has 0 bridgehead atoms. The molecule has 3 rings (SSSR count). The van der Waals surface area contributed by atoms with Gasteiger partial charge in [-0.1, -0.05) is 48.0 Å². The molecule has 0 saturated carbocycles. The Bertz CT molecular complexity index is 848. The molecule has 0 radical (unpaired) electrons. The van der Waals surface area contributed by atoms with Gasteiger partial charge in [0.2, 0.25) is 5.91 Å². The van der Waals surface area contributed by atoms with E-state index in [1.807, 2.05) is 49.4 Å². The first-order valence-electron chi connectivity index (χ1n) is 8.82. The molecule has 0 saturated heterocycles. The molecule has 1 aliphatic rings. The number of nitrogens with zero attached hydrogens (tertiary/aromatic N) is 1. The second-order valence-corrected chi connectivity index (χ2v) is 8.04. The van der Waals surface area contributed by atoms with Crippen LogP contribution >= 0.6 is 15.9 Å². The van der Waals surface area contributed by atoms with Gasteiger partial charge in [0.25, 0.3) is 5.91 Å². The maximum atomic E-state index is 13.0. The first-order chi connectivity index (χ1) is 12.4. The number of amides is 2. The third-order valence-corrected chi connectivity index (χ3v) is 5.54. The molecule has 2 aromatic carbocycles. The Balaban J connectivity index is 1.83. The predicted molar refractivity (Wildman–Crippen MR) is 107 cm³/mol. The third kappa shape index (κ3) is 3.83. The number of carbonyl (C=O) groups is 2. The SMILES string of the molecule is Cc1cc(NC(=O)[C@@H](CC(C)C)N2Cc3ccccc3C2=O)ccc1Br. The summed E-state index contributed by atoms with van der Waals surface area (Å²) in [5.41, 5.74) is 3.48. The molecule has 0 spiro atoms. The highest BCUT2D eigenvalue weighted by atomic mass is 79.9. The van der Waals surface area contributed by atoms with E-state index in [0.29, 0.717) is 24.4 Å². The molecule has 2 amide bonds. The Hall–Kier alpha value is -2.14. The fourth-order valence-corrected chi connectivity index (χ4v) is 3.55. The van der Waals surface area contributed by atoms with Gasteiger partial charge in [-0.05, 0) is 54.7 Å². The minimum Gasteiger partial charge on any atom is -0.324 e. The Labute approximate surface area is 162 Å². The van der Waals surface area contributed by atoms with Gasteiger partial charge in [0.1, 0.15) is 6.04 Å². The van der Waals surface area contributed by atoms with Crippen molar-refractivity contribution in [2.75, 3.05) is 5.32 Å². The average Bonchev–Trinajstić information content (AvgIpc) is 2.93. The van der Waals surface area contributed by atoms with Crippen LogP contribution in [0.3, 0.4) is 0 Å². The number of fused-ring (bicyclic) bond motifs is 1. The Morgan fingerprint density at radius 2 is 1.96 bits per heavy atom. The molecular weight excluding hydrogens is 392 g/mol.